The average Bonchev–Trinajstić information content (AvgIpc) is 2.64. The topological polar surface area (TPSA) is 97.0 Å². The second-order valence-electron chi connectivity index (χ2n) is 7.71. The Hall–Kier alpha value is -1.84. The molecule has 0 spiro atoms. The lowest BCUT2D eigenvalue weighted by molar-refractivity contribution is -0.0792. The fourth-order valence-corrected chi connectivity index (χ4v) is 4.68. The highest BCUT2D eigenvalue weighted by Crippen LogP contribution is 2.29. The molecule has 1 saturated heterocycles. The number of nitrogens with one attached hydrogen (secondary N) is 2. The number of benzene rings is 1. The van der Waals surface area contributed by atoms with Gasteiger partial charge in [-0.2, -0.15) is 0 Å². The van der Waals surface area contributed by atoms with Crippen molar-refractivity contribution in [1.82, 2.24) is 14.9 Å². The first-order valence-electron chi connectivity index (χ1n) is 10.2. The minimum absolute atomic E-state index is 0.0561. The SMILES string of the molecule is CCNC(=O)N1CCC[C@H](NS(C)(=O)=O)[C@@H]1CO[C@H]1C[C@@H](Oc2ccccc2)C1. The Balaban J connectivity index is 1.55. The molecule has 3 rings (SSSR count). The molecule has 2 amide bonds. The van der Waals surface area contributed by atoms with Gasteiger partial charge in [0.05, 0.1) is 25.0 Å². The molecule has 2 N–H and O–H groups in total. The molecule has 1 aromatic carbocycles. The number of urea groups is 1. The van der Waals surface area contributed by atoms with Crippen molar-refractivity contribution >= 4 is 16.1 Å². The van der Waals surface area contributed by atoms with E-state index >= 15 is 0 Å². The number of amides is 2. The first-order chi connectivity index (χ1) is 13.9. The summed E-state index contributed by atoms with van der Waals surface area (Å²) in [6.45, 7) is 3.27. The summed E-state index contributed by atoms with van der Waals surface area (Å²) in [6, 6.07) is 8.83. The number of nitrogens with zero attached hydrogens (tertiary/aromatic N) is 1. The number of ether oxygens (including phenoxy) is 2. The van der Waals surface area contributed by atoms with Crippen LogP contribution in [0.4, 0.5) is 4.79 Å². The number of rotatable bonds is 8. The Morgan fingerprint density at radius 3 is 2.59 bits per heavy atom. The fourth-order valence-electron chi connectivity index (χ4n) is 3.86. The number of piperidine rings is 1. The van der Waals surface area contributed by atoms with Crippen molar-refractivity contribution in [2.75, 3.05) is 26.0 Å². The van der Waals surface area contributed by atoms with E-state index in [9.17, 15) is 13.2 Å². The summed E-state index contributed by atoms with van der Waals surface area (Å²) in [5.41, 5.74) is 0. The third-order valence-corrected chi connectivity index (χ3v) is 6.06. The molecule has 2 aliphatic rings. The summed E-state index contributed by atoms with van der Waals surface area (Å²) in [5.74, 6) is 0.850. The van der Waals surface area contributed by atoms with Gasteiger partial charge in [0.15, 0.2) is 0 Å². The van der Waals surface area contributed by atoms with Crippen molar-refractivity contribution in [3.8, 4) is 5.75 Å². The third kappa shape index (κ3) is 6.32. The lowest BCUT2D eigenvalue weighted by atomic mass is 9.91. The molecule has 0 unspecified atom stereocenters. The van der Waals surface area contributed by atoms with Gasteiger partial charge in [0.25, 0.3) is 0 Å². The van der Waals surface area contributed by atoms with E-state index in [1.54, 1.807) is 4.90 Å². The van der Waals surface area contributed by atoms with Gasteiger partial charge in [-0.1, -0.05) is 18.2 Å². The molecule has 2 fully saturated rings. The van der Waals surface area contributed by atoms with Gasteiger partial charge in [-0.25, -0.2) is 17.9 Å². The zero-order valence-electron chi connectivity index (χ0n) is 17.0. The number of likely N-dealkylation sites (tertiary alicyclic amines) is 1. The average molecular weight is 426 g/mol. The quantitative estimate of drug-likeness (QED) is 0.661. The van der Waals surface area contributed by atoms with Gasteiger partial charge in [-0.05, 0) is 31.9 Å². The molecule has 29 heavy (non-hydrogen) atoms. The highest BCUT2D eigenvalue weighted by Gasteiger charge is 2.38. The number of hydrogen-bond donors (Lipinski definition) is 2. The minimum Gasteiger partial charge on any atom is -0.490 e. The highest BCUT2D eigenvalue weighted by molar-refractivity contribution is 7.88. The molecule has 2 atom stereocenters. The van der Waals surface area contributed by atoms with Gasteiger partial charge in [0.1, 0.15) is 11.9 Å². The zero-order chi connectivity index (χ0) is 20.9. The summed E-state index contributed by atoms with van der Waals surface area (Å²) in [4.78, 5) is 14.2. The summed E-state index contributed by atoms with van der Waals surface area (Å²) >= 11 is 0. The Kier molecular flexibility index (Phi) is 7.37. The van der Waals surface area contributed by atoms with Gasteiger partial charge < -0.3 is 19.7 Å². The molecule has 1 heterocycles. The molecule has 0 radical (unpaired) electrons. The van der Waals surface area contributed by atoms with Crippen LogP contribution in [-0.2, 0) is 14.8 Å². The van der Waals surface area contributed by atoms with Crippen LogP contribution >= 0.6 is 0 Å². The van der Waals surface area contributed by atoms with Gasteiger partial charge in [0.2, 0.25) is 10.0 Å². The maximum Gasteiger partial charge on any atom is 0.317 e. The van der Waals surface area contributed by atoms with Gasteiger partial charge >= 0.3 is 6.03 Å². The van der Waals surface area contributed by atoms with Gasteiger partial charge in [-0.15, -0.1) is 0 Å². The number of para-hydroxylation sites is 1. The van der Waals surface area contributed by atoms with E-state index in [1.165, 1.54) is 0 Å². The van der Waals surface area contributed by atoms with Crippen LogP contribution in [0.25, 0.3) is 0 Å². The maximum atomic E-state index is 12.5. The molecule has 0 aromatic heterocycles. The minimum atomic E-state index is -3.38. The number of hydrogen-bond acceptors (Lipinski definition) is 5. The monoisotopic (exact) mass is 425 g/mol. The molecule has 1 aliphatic carbocycles. The van der Waals surface area contributed by atoms with Crippen LogP contribution in [0, 0.1) is 0 Å². The molecule has 162 valence electrons. The van der Waals surface area contributed by atoms with E-state index in [4.69, 9.17) is 9.47 Å². The molecule has 0 bridgehead atoms. The molecule has 1 aliphatic heterocycles. The van der Waals surface area contributed by atoms with E-state index in [1.807, 2.05) is 37.3 Å². The Labute approximate surface area is 173 Å². The van der Waals surface area contributed by atoms with Crippen molar-refractivity contribution in [3.05, 3.63) is 30.3 Å². The van der Waals surface area contributed by atoms with E-state index in [2.05, 4.69) is 10.0 Å². The van der Waals surface area contributed by atoms with Crippen molar-refractivity contribution in [1.29, 1.82) is 0 Å². The van der Waals surface area contributed by atoms with Crippen LogP contribution < -0.4 is 14.8 Å². The highest BCUT2D eigenvalue weighted by atomic mass is 32.2. The smallest absolute Gasteiger partial charge is 0.317 e. The maximum absolute atomic E-state index is 12.5. The van der Waals surface area contributed by atoms with Crippen molar-refractivity contribution < 1.29 is 22.7 Å². The fraction of sp³-hybridized carbons (Fsp3) is 0.650. The van der Waals surface area contributed by atoms with Crippen molar-refractivity contribution in [2.45, 2.75) is 56.9 Å². The van der Waals surface area contributed by atoms with Gasteiger partial charge in [-0.3, -0.25) is 0 Å². The van der Waals surface area contributed by atoms with Gasteiger partial charge in [0, 0.05) is 32.0 Å². The molecule has 1 saturated carbocycles. The second-order valence-corrected chi connectivity index (χ2v) is 9.49. The van der Waals surface area contributed by atoms with E-state index in [0.29, 0.717) is 26.1 Å². The molecule has 8 nitrogen and oxygen atoms in total. The molecule has 9 heteroatoms. The largest absolute Gasteiger partial charge is 0.490 e. The predicted octanol–water partition coefficient (Wildman–Crippen LogP) is 1.72. The zero-order valence-corrected chi connectivity index (χ0v) is 17.9. The standard InChI is InChI=1S/C20H31N3O5S/c1-3-21-20(24)23-11-7-10-18(22-29(2,25)26)19(23)14-27-16-12-17(13-16)28-15-8-5-4-6-9-15/h4-6,8-9,16-19,22H,3,7,10-14H2,1-2H3,(H,21,24)/t16-,17+,18-,19-/m0/s1. The van der Waals surface area contributed by atoms with Crippen LogP contribution in [0.2, 0.25) is 0 Å². The first-order valence-corrected chi connectivity index (χ1v) is 12.1. The molecule has 1 aromatic rings. The number of carbonyl (C=O) groups excluding carboxylic acids is 1. The van der Waals surface area contributed by atoms with Crippen LogP contribution in [0.3, 0.4) is 0 Å². The molecular formula is C20H31N3O5S. The van der Waals surface area contributed by atoms with Crippen LogP contribution in [0.15, 0.2) is 30.3 Å². The van der Waals surface area contributed by atoms with E-state index in [0.717, 1.165) is 31.3 Å². The predicted molar refractivity (Wildman–Crippen MR) is 110 cm³/mol. The normalized spacial score (nSPS) is 27.2. The Morgan fingerprint density at radius 2 is 1.93 bits per heavy atom. The molecular weight excluding hydrogens is 394 g/mol. The summed E-state index contributed by atoms with van der Waals surface area (Å²) in [6.07, 6.45) is 4.32. The third-order valence-electron chi connectivity index (χ3n) is 5.33. The van der Waals surface area contributed by atoms with E-state index in [-0.39, 0.29) is 30.3 Å². The summed E-state index contributed by atoms with van der Waals surface area (Å²) in [7, 11) is -3.38. The Bertz CT molecular complexity index is 768. The first kappa shape index (κ1) is 21.9. The van der Waals surface area contributed by atoms with Crippen LogP contribution in [0.1, 0.15) is 32.6 Å². The lowest BCUT2D eigenvalue weighted by Crippen LogP contribution is -2.61. The lowest BCUT2D eigenvalue weighted by Gasteiger charge is -2.43. The number of carbonyl (C=O) groups is 1. The second kappa shape index (κ2) is 9.77. The van der Waals surface area contributed by atoms with E-state index < -0.39 is 10.0 Å². The summed E-state index contributed by atoms with van der Waals surface area (Å²) in [5, 5.41) is 2.81. The van der Waals surface area contributed by atoms with Crippen LogP contribution in [-0.4, -0.2) is 69.6 Å². The number of sulfonamides is 1. The van der Waals surface area contributed by atoms with Crippen molar-refractivity contribution in [2.24, 2.45) is 0 Å². The summed E-state index contributed by atoms with van der Waals surface area (Å²) < 4.78 is 38.2. The Morgan fingerprint density at radius 1 is 1.21 bits per heavy atom. The van der Waals surface area contributed by atoms with Crippen LogP contribution in [0.5, 0.6) is 5.75 Å². The van der Waals surface area contributed by atoms with Crippen molar-refractivity contribution in [3.63, 3.8) is 0 Å².